The Bertz CT molecular complexity index is 232. The van der Waals surface area contributed by atoms with E-state index in [1.165, 1.54) is 0 Å². The zero-order valence-electron chi connectivity index (χ0n) is 8.62. The molecule has 0 heterocycles. The second kappa shape index (κ2) is 4.53. The molecule has 1 atom stereocenters. The fourth-order valence-corrected chi connectivity index (χ4v) is 2.49. The van der Waals surface area contributed by atoms with Crippen molar-refractivity contribution in [3.05, 3.63) is 10.1 Å². The van der Waals surface area contributed by atoms with Crippen molar-refractivity contribution in [1.82, 2.24) is 0 Å². The van der Waals surface area contributed by atoms with Gasteiger partial charge >= 0.3 is 0 Å². The van der Waals surface area contributed by atoms with Gasteiger partial charge in [0.1, 0.15) is 5.78 Å². The zero-order valence-corrected chi connectivity index (χ0v) is 8.62. The van der Waals surface area contributed by atoms with Gasteiger partial charge in [0, 0.05) is 23.2 Å². The Morgan fingerprint density at radius 2 is 2.29 bits per heavy atom. The largest absolute Gasteiger partial charge is 0.300 e. The first kappa shape index (κ1) is 11.1. The van der Waals surface area contributed by atoms with E-state index in [4.69, 9.17) is 0 Å². The van der Waals surface area contributed by atoms with Gasteiger partial charge in [0.05, 0.1) is 0 Å². The first-order chi connectivity index (χ1) is 6.58. The fraction of sp³-hybridized carbons (Fsp3) is 0.900. The molecule has 0 saturated heterocycles. The maximum atomic E-state index is 11.3. The van der Waals surface area contributed by atoms with Crippen LogP contribution in [-0.2, 0) is 4.79 Å². The fourth-order valence-electron chi connectivity index (χ4n) is 2.49. The highest BCUT2D eigenvalue weighted by Gasteiger charge is 2.39. The molecule has 4 nitrogen and oxygen atoms in total. The topological polar surface area (TPSA) is 60.2 Å². The number of ketones is 1. The van der Waals surface area contributed by atoms with Crippen molar-refractivity contribution in [3.63, 3.8) is 0 Å². The number of rotatable bonds is 4. The highest BCUT2D eigenvalue weighted by atomic mass is 16.6. The molecule has 0 radical (unpaired) electrons. The van der Waals surface area contributed by atoms with Crippen molar-refractivity contribution in [2.75, 3.05) is 6.54 Å². The molecule has 0 unspecified atom stereocenters. The van der Waals surface area contributed by atoms with Gasteiger partial charge in [0.15, 0.2) is 0 Å². The number of nitrogens with zero attached hydrogens (tertiary/aromatic N) is 1. The van der Waals surface area contributed by atoms with Crippen LogP contribution in [0.1, 0.15) is 45.4 Å². The van der Waals surface area contributed by atoms with E-state index in [0.717, 1.165) is 25.7 Å². The van der Waals surface area contributed by atoms with Crippen molar-refractivity contribution in [3.8, 4) is 0 Å². The first-order valence-corrected chi connectivity index (χ1v) is 5.21. The summed E-state index contributed by atoms with van der Waals surface area (Å²) in [6, 6.07) is 0. The zero-order chi connectivity index (χ0) is 10.6. The lowest BCUT2D eigenvalue weighted by Gasteiger charge is -2.32. The molecule has 1 aliphatic carbocycles. The van der Waals surface area contributed by atoms with Crippen LogP contribution in [0.25, 0.3) is 0 Å². The summed E-state index contributed by atoms with van der Waals surface area (Å²) in [7, 11) is 0. The molecule has 1 rings (SSSR count). The lowest BCUT2D eigenvalue weighted by Crippen LogP contribution is -2.35. The second-order valence-electron chi connectivity index (χ2n) is 4.31. The normalized spacial score (nSPS) is 27.6. The minimum absolute atomic E-state index is 0.0351. The lowest BCUT2D eigenvalue weighted by molar-refractivity contribution is -0.498. The molecule has 1 saturated carbocycles. The summed E-state index contributed by atoms with van der Waals surface area (Å²) in [6.45, 7) is 1.98. The van der Waals surface area contributed by atoms with Gasteiger partial charge in [0.25, 0.3) is 0 Å². The Balaban J connectivity index is 2.68. The highest BCUT2D eigenvalue weighted by Crippen LogP contribution is 2.38. The molecule has 0 aliphatic heterocycles. The van der Waals surface area contributed by atoms with E-state index in [0.29, 0.717) is 12.8 Å². The van der Waals surface area contributed by atoms with Gasteiger partial charge in [0.2, 0.25) is 6.54 Å². The number of carbonyl (C=O) groups excluding carboxylic acids is 1. The van der Waals surface area contributed by atoms with Gasteiger partial charge in [-0.2, -0.15) is 0 Å². The summed E-state index contributed by atoms with van der Waals surface area (Å²) >= 11 is 0. The molecule has 0 bridgehead atoms. The van der Waals surface area contributed by atoms with Crippen LogP contribution in [0.3, 0.4) is 0 Å². The monoisotopic (exact) mass is 199 g/mol. The van der Waals surface area contributed by atoms with Gasteiger partial charge in [-0.15, -0.1) is 0 Å². The van der Waals surface area contributed by atoms with Crippen molar-refractivity contribution < 1.29 is 9.72 Å². The van der Waals surface area contributed by atoms with Crippen LogP contribution in [0.5, 0.6) is 0 Å². The summed E-state index contributed by atoms with van der Waals surface area (Å²) < 4.78 is 0. The molecule has 1 aliphatic rings. The minimum Gasteiger partial charge on any atom is -0.300 e. The van der Waals surface area contributed by atoms with Crippen LogP contribution < -0.4 is 0 Å². The Kier molecular flexibility index (Phi) is 3.61. The Morgan fingerprint density at radius 3 is 2.79 bits per heavy atom. The quantitative estimate of drug-likeness (QED) is 0.515. The molecule has 0 aromatic carbocycles. The predicted octanol–water partition coefficient (Wildman–Crippen LogP) is 2.19. The van der Waals surface area contributed by atoms with Crippen LogP contribution in [0.2, 0.25) is 0 Å². The van der Waals surface area contributed by atoms with Crippen LogP contribution in [0.15, 0.2) is 0 Å². The number of carbonyl (C=O) groups is 1. The molecule has 0 spiro atoms. The van der Waals surface area contributed by atoms with Gasteiger partial charge in [-0.1, -0.05) is 13.3 Å². The standard InChI is InChI=1S/C10H17NO3/c1-2-5-10(8-11(13)14)6-3-4-9(12)7-10/h2-8H2,1H3/t10-/m1/s1. The maximum absolute atomic E-state index is 11.3. The van der Waals surface area contributed by atoms with Gasteiger partial charge in [-0.25, -0.2) is 0 Å². The third-order valence-electron chi connectivity index (χ3n) is 2.98. The van der Waals surface area contributed by atoms with Crippen LogP contribution in [0.4, 0.5) is 0 Å². The average molecular weight is 199 g/mol. The summed E-state index contributed by atoms with van der Waals surface area (Å²) in [5.41, 5.74) is -0.326. The molecule has 0 aromatic rings. The summed E-state index contributed by atoms with van der Waals surface area (Å²) in [4.78, 5) is 21.6. The molecule has 0 aromatic heterocycles. The van der Waals surface area contributed by atoms with Gasteiger partial charge in [-0.3, -0.25) is 14.9 Å². The Morgan fingerprint density at radius 1 is 1.57 bits per heavy atom. The van der Waals surface area contributed by atoms with Crippen molar-refractivity contribution in [2.45, 2.75) is 45.4 Å². The van der Waals surface area contributed by atoms with E-state index in [1.807, 2.05) is 6.92 Å². The predicted molar refractivity (Wildman–Crippen MR) is 52.7 cm³/mol. The number of nitro groups is 1. The van der Waals surface area contributed by atoms with Crippen LogP contribution in [-0.4, -0.2) is 17.3 Å². The smallest absolute Gasteiger partial charge is 0.209 e. The second-order valence-corrected chi connectivity index (χ2v) is 4.31. The molecule has 80 valence electrons. The van der Waals surface area contributed by atoms with Crippen LogP contribution >= 0.6 is 0 Å². The molecular weight excluding hydrogens is 182 g/mol. The molecule has 1 fully saturated rings. The highest BCUT2D eigenvalue weighted by molar-refractivity contribution is 5.79. The van der Waals surface area contributed by atoms with Gasteiger partial charge in [-0.05, 0) is 19.3 Å². The number of hydrogen-bond donors (Lipinski definition) is 0. The van der Waals surface area contributed by atoms with E-state index in [2.05, 4.69) is 0 Å². The first-order valence-electron chi connectivity index (χ1n) is 5.21. The summed E-state index contributed by atoms with van der Waals surface area (Å²) in [5.74, 6) is 0.201. The SMILES string of the molecule is CCC[C@@]1(C[N+](=O)[O-])CCCC(=O)C1. The van der Waals surface area contributed by atoms with E-state index in [9.17, 15) is 14.9 Å². The number of Topliss-reactive ketones (excluding diaryl/α,β-unsaturated/α-hetero) is 1. The van der Waals surface area contributed by atoms with Gasteiger partial charge < -0.3 is 0 Å². The van der Waals surface area contributed by atoms with E-state index >= 15 is 0 Å². The van der Waals surface area contributed by atoms with E-state index in [-0.39, 0.29) is 22.7 Å². The molecule has 0 amide bonds. The molecule has 14 heavy (non-hydrogen) atoms. The molecule has 4 heteroatoms. The Hall–Kier alpha value is -0.930. The molecule has 0 N–H and O–H groups in total. The molecular formula is C10H17NO3. The van der Waals surface area contributed by atoms with Crippen LogP contribution in [0, 0.1) is 15.5 Å². The third kappa shape index (κ3) is 2.79. The maximum Gasteiger partial charge on any atom is 0.209 e. The van der Waals surface area contributed by atoms with E-state index in [1.54, 1.807) is 0 Å². The number of hydrogen-bond acceptors (Lipinski definition) is 3. The van der Waals surface area contributed by atoms with E-state index < -0.39 is 0 Å². The Labute approximate surface area is 83.8 Å². The third-order valence-corrected chi connectivity index (χ3v) is 2.98. The summed E-state index contributed by atoms with van der Waals surface area (Å²) in [6.07, 6.45) is 4.42. The minimum atomic E-state index is -0.326. The van der Waals surface area contributed by atoms with Crippen molar-refractivity contribution in [1.29, 1.82) is 0 Å². The van der Waals surface area contributed by atoms with Crippen molar-refractivity contribution in [2.24, 2.45) is 5.41 Å². The summed E-state index contributed by atoms with van der Waals surface area (Å²) in [5, 5.41) is 10.5. The lowest BCUT2D eigenvalue weighted by atomic mass is 9.71. The van der Waals surface area contributed by atoms with Crippen molar-refractivity contribution >= 4 is 5.78 Å². The average Bonchev–Trinajstić information content (AvgIpc) is 2.02.